The highest BCUT2D eigenvalue weighted by Crippen LogP contribution is 2.21. The van der Waals surface area contributed by atoms with Crippen molar-refractivity contribution in [1.29, 1.82) is 0 Å². The van der Waals surface area contributed by atoms with Crippen molar-refractivity contribution in [3.05, 3.63) is 54.1 Å². The molecule has 86 valence electrons. The molecule has 17 heavy (non-hydrogen) atoms. The first-order valence-electron chi connectivity index (χ1n) is 5.68. The Bertz CT molecular complexity index is 503. The molecular formula is C15H15NO. The van der Waals surface area contributed by atoms with Crippen molar-refractivity contribution >= 4 is 12.0 Å². The van der Waals surface area contributed by atoms with Gasteiger partial charge in [0.05, 0.1) is 0 Å². The average Bonchev–Trinajstić information content (AvgIpc) is 2.37. The smallest absolute Gasteiger partial charge is 0.120 e. The lowest BCUT2D eigenvalue weighted by Gasteiger charge is -2.05. The van der Waals surface area contributed by atoms with Crippen molar-refractivity contribution in [3.63, 3.8) is 0 Å². The van der Waals surface area contributed by atoms with Gasteiger partial charge in [-0.25, -0.2) is 0 Å². The second kappa shape index (κ2) is 5.30. The molecule has 0 aromatic heterocycles. The highest BCUT2D eigenvalue weighted by molar-refractivity contribution is 5.66. The van der Waals surface area contributed by atoms with Crippen LogP contribution in [-0.2, 0) is 11.2 Å². The second-order valence-corrected chi connectivity index (χ2v) is 4.03. The first-order chi connectivity index (χ1) is 8.29. The minimum Gasteiger partial charge on any atom is -0.399 e. The van der Waals surface area contributed by atoms with Gasteiger partial charge < -0.3 is 10.5 Å². The topological polar surface area (TPSA) is 43.1 Å². The summed E-state index contributed by atoms with van der Waals surface area (Å²) >= 11 is 0. The van der Waals surface area contributed by atoms with Crippen LogP contribution >= 0.6 is 0 Å². The van der Waals surface area contributed by atoms with E-state index in [0.29, 0.717) is 6.42 Å². The predicted molar refractivity (Wildman–Crippen MR) is 70.7 cm³/mol. The number of nitrogen functional groups attached to an aromatic ring is 1. The Balaban J connectivity index is 2.26. The summed E-state index contributed by atoms with van der Waals surface area (Å²) in [4.78, 5) is 10.4. The lowest BCUT2D eigenvalue weighted by molar-refractivity contribution is -0.107. The van der Waals surface area contributed by atoms with Crippen LogP contribution in [0.15, 0.2) is 48.5 Å². The maximum atomic E-state index is 10.4. The highest BCUT2D eigenvalue weighted by Gasteiger charge is 1.99. The number of aryl methyl sites for hydroxylation is 1. The monoisotopic (exact) mass is 225 g/mol. The molecule has 0 saturated carbocycles. The molecule has 0 spiro atoms. The average molecular weight is 225 g/mol. The third kappa shape index (κ3) is 2.94. The second-order valence-electron chi connectivity index (χ2n) is 4.03. The standard InChI is InChI=1S/C15H15NO/c16-15-8-6-13(7-9-15)14-5-1-3-12(11-14)4-2-10-17/h1,3,5-11H,2,4,16H2. The number of aldehydes is 1. The lowest BCUT2D eigenvalue weighted by atomic mass is 10.0. The summed E-state index contributed by atoms with van der Waals surface area (Å²) < 4.78 is 0. The Hall–Kier alpha value is -2.09. The summed E-state index contributed by atoms with van der Waals surface area (Å²) in [6.07, 6.45) is 2.33. The molecule has 2 N–H and O–H groups in total. The van der Waals surface area contributed by atoms with Crippen molar-refractivity contribution < 1.29 is 4.79 Å². The van der Waals surface area contributed by atoms with E-state index < -0.39 is 0 Å². The molecule has 2 aromatic rings. The zero-order valence-electron chi connectivity index (χ0n) is 9.60. The zero-order valence-corrected chi connectivity index (χ0v) is 9.60. The third-order valence-corrected chi connectivity index (χ3v) is 2.72. The number of hydrogen-bond acceptors (Lipinski definition) is 2. The van der Waals surface area contributed by atoms with Crippen LogP contribution in [0, 0.1) is 0 Å². The van der Waals surface area contributed by atoms with Crippen molar-refractivity contribution in [2.45, 2.75) is 12.8 Å². The number of anilines is 1. The van der Waals surface area contributed by atoms with E-state index in [4.69, 9.17) is 5.73 Å². The van der Waals surface area contributed by atoms with E-state index in [2.05, 4.69) is 12.1 Å². The van der Waals surface area contributed by atoms with Gasteiger partial charge in [0.2, 0.25) is 0 Å². The van der Waals surface area contributed by atoms with Gasteiger partial charge in [0, 0.05) is 12.1 Å². The van der Waals surface area contributed by atoms with E-state index in [-0.39, 0.29) is 0 Å². The summed E-state index contributed by atoms with van der Waals surface area (Å²) in [6, 6.07) is 16.1. The fourth-order valence-corrected chi connectivity index (χ4v) is 1.81. The van der Waals surface area contributed by atoms with E-state index in [1.165, 1.54) is 5.56 Å². The van der Waals surface area contributed by atoms with Crippen molar-refractivity contribution in [2.75, 3.05) is 5.73 Å². The van der Waals surface area contributed by atoms with Gasteiger partial charge in [-0.1, -0.05) is 36.4 Å². The molecule has 2 nitrogen and oxygen atoms in total. The Kier molecular flexibility index (Phi) is 3.55. The Morgan fingerprint density at radius 2 is 1.76 bits per heavy atom. The molecule has 0 aliphatic heterocycles. The summed E-state index contributed by atoms with van der Waals surface area (Å²) in [7, 11) is 0. The first kappa shape index (κ1) is 11.4. The van der Waals surface area contributed by atoms with Crippen molar-refractivity contribution in [3.8, 4) is 11.1 Å². The molecule has 2 aromatic carbocycles. The number of carbonyl (C=O) groups excluding carboxylic acids is 1. The summed E-state index contributed by atoms with van der Waals surface area (Å²) in [6.45, 7) is 0. The quantitative estimate of drug-likeness (QED) is 0.642. The minimum absolute atomic E-state index is 0.575. The predicted octanol–water partition coefficient (Wildman–Crippen LogP) is 3.07. The molecule has 0 bridgehead atoms. The maximum Gasteiger partial charge on any atom is 0.120 e. The molecule has 0 unspecified atom stereocenters. The van der Waals surface area contributed by atoms with Crippen LogP contribution in [0.1, 0.15) is 12.0 Å². The van der Waals surface area contributed by atoms with E-state index in [9.17, 15) is 4.79 Å². The van der Waals surface area contributed by atoms with Gasteiger partial charge in [-0.2, -0.15) is 0 Å². The summed E-state index contributed by atoms with van der Waals surface area (Å²) in [5.41, 5.74) is 9.92. The molecule has 0 saturated heterocycles. The molecule has 2 heteroatoms. The van der Waals surface area contributed by atoms with Gasteiger partial charge >= 0.3 is 0 Å². The molecule has 0 fully saturated rings. The van der Waals surface area contributed by atoms with E-state index in [1.807, 2.05) is 36.4 Å². The number of carbonyl (C=O) groups is 1. The van der Waals surface area contributed by atoms with E-state index in [1.54, 1.807) is 0 Å². The van der Waals surface area contributed by atoms with Crippen LogP contribution < -0.4 is 5.73 Å². The van der Waals surface area contributed by atoms with Crippen LogP contribution in [0.2, 0.25) is 0 Å². The molecule has 2 rings (SSSR count). The summed E-state index contributed by atoms with van der Waals surface area (Å²) in [5.74, 6) is 0. The molecule has 0 aliphatic rings. The Morgan fingerprint density at radius 3 is 2.47 bits per heavy atom. The van der Waals surface area contributed by atoms with Gasteiger partial charge in [0.25, 0.3) is 0 Å². The summed E-state index contributed by atoms with van der Waals surface area (Å²) in [5, 5.41) is 0. The van der Waals surface area contributed by atoms with Crippen molar-refractivity contribution in [2.24, 2.45) is 0 Å². The Labute approximate surface area is 101 Å². The van der Waals surface area contributed by atoms with E-state index >= 15 is 0 Å². The molecule has 0 radical (unpaired) electrons. The first-order valence-corrected chi connectivity index (χ1v) is 5.68. The minimum atomic E-state index is 0.575. The number of benzene rings is 2. The molecule has 0 amide bonds. The highest BCUT2D eigenvalue weighted by atomic mass is 16.1. The number of hydrogen-bond donors (Lipinski definition) is 1. The SMILES string of the molecule is Nc1ccc(-c2cccc(CCC=O)c2)cc1. The van der Waals surface area contributed by atoms with E-state index in [0.717, 1.165) is 29.5 Å². The largest absolute Gasteiger partial charge is 0.399 e. The fraction of sp³-hybridized carbons (Fsp3) is 0.133. The Morgan fingerprint density at radius 1 is 1.00 bits per heavy atom. The van der Waals surface area contributed by atoms with Gasteiger partial charge in [-0.15, -0.1) is 0 Å². The van der Waals surface area contributed by atoms with Crippen LogP contribution in [0.5, 0.6) is 0 Å². The van der Waals surface area contributed by atoms with Crippen LogP contribution in [0.25, 0.3) is 11.1 Å². The van der Waals surface area contributed by atoms with Gasteiger partial charge in [-0.3, -0.25) is 0 Å². The van der Waals surface area contributed by atoms with Crippen molar-refractivity contribution in [1.82, 2.24) is 0 Å². The maximum absolute atomic E-state index is 10.4. The molecular weight excluding hydrogens is 210 g/mol. The van der Waals surface area contributed by atoms with Gasteiger partial charge in [0.15, 0.2) is 0 Å². The molecule has 0 heterocycles. The van der Waals surface area contributed by atoms with Gasteiger partial charge in [0.1, 0.15) is 6.29 Å². The molecule has 0 atom stereocenters. The number of nitrogens with two attached hydrogens (primary N) is 1. The van der Waals surface area contributed by atoms with Crippen LogP contribution in [-0.4, -0.2) is 6.29 Å². The zero-order chi connectivity index (χ0) is 12.1. The lowest BCUT2D eigenvalue weighted by Crippen LogP contribution is -1.88. The fourth-order valence-electron chi connectivity index (χ4n) is 1.81. The number of rotatable bonds is 4. The van der Waals surface area contributed by atoms with Crippen LogP contribution in [0.4, 0.5) is 5.69 Å². The third-order valence-electron chi connectivity index (χ3n) is 2.72. The molecule has 0 aliphatic carbocycles. The van der Waals surface area contributed by atoms with Gasteiger partial charge in [-0.05, 0) is 35.2 Å². The van der Waals surface area contributed by atoms with Crippen LogP contribution in [0.3, 0.4) is 0 Å². The normalized spacial score (nSPS) is 10.1.